The van der Waals surface area contributed by atoms with Crippen LogP contribution in [0.1, 0.15) is 13.3 Å². The first-order valence-electron chi connectivity index (χ1n) is 4.98. The molecule has 17 heavy (non-hydrogen) atoms. The van der Waals surface area contributed by atoms with Crippen molar-refractivity contribution in [3.8, 4) is 0 Å². The van der Waals surface area contributed by atoms with E-state index in [0.29, 0.717) is 12.2 Å². The van der Waals surface area contributed by atoms with Crippen LogP contribution in [0.4, 0.5) is 26.4 Å². The van der Waals surface area contributed by atoms with Gasteiger partial charge in [-0.2, -0.15) is 13.9 Å². The molecule has 1 heterocycles. The minimum absolute atomic E-state index is 0.507. The summed E-state index contributed by atoms with van der Waals surface area (Å²) in [6, 6.07) is 0. The summed E-state index contributed by atoms with van der Waals surface area (Å²) in [6.07, 6.45) is -1.80. The van der Waals surface area contributed by atoms with Crippen molar-refractivity contribution >= 4 is 0 Å². The molecule has 1 nitrogen and oxygen atoms in total. The van der Waals surface area contributed by atoms with Crippen LogP contribution in [0.5, 0.6) is 0 Å². The molecule has 0 radical (unpaired) electrons. The number of alkyl halides is 5. The van der Waals surface area contributed by atoms with Gasteiger partial charge in [-0.3, -0.25) is 0 Å². The van der Waals surface area contributed by atoms with Gasteiger partial charge >= 0.3 is 5.92 Å². The lowest BCUT2D eigenvalue weighted by Gasteiger charge is -2.32. The Bertz CT molecular complexity index is 406. The van der Waals surface area contributed by atoms with Crippen LogP contribution < -0.4 is 0 Å². The third-order valence-electron chi connectivity index (χ3n) is 3.22. The maximum absolute atomic E-state index is 14.1. The monoisotopic (exact) mass is 257 g/mol. The maximum atomic E-state index is 14.1. The van der Waals surface area contributed by atoms with Crippen LogP contribution in [-0.4, -0.2) is 28.7 Å². The van der Waals surface area contributed by atoms with Crippen LogP contribution >= 0.6 is 0 Å². The van der Waals surface area contributed by atoms with Crippen molar-refractivity contribution < 1.29 is 26.4 Å². The van der Waals surface area contributed by atoms with Gasteiger partial charge in [0.15, 0.2) is 6.17 Å². The Morgan fingerprint density at radius 1 is 1.29 bits per heavy atom. The lowest BCUT2D eigenvalue weighted by atomic mass is 9.85. The van der Waals surface area contributed by atoms with Crippen molar-refractivity contribution in [3.05, 3.63) is 23.9 Å². The van der Waals surface area contributed by atoms with Gasteiger partial charge in [-0.15, -0.1) is 0 Å². The molecule has 0 saturated carbocycles. The van der Waals surface area contributed by atoms with Gasteiger partial charge in [0.1, 0.15) is 0 Å². The van der Waals surface area contributed by atoms with Crippen molar-refractivity contribution in [2.45, 2.75) is 36.9 Å². The van der Waals surface area contributed by atoms with Gasteiger partial charge < -0.3 is 0 Å². The molecule has 96 valence electrons. The number of allylic oxidation sites excluding steroid dienone is 4. The molecule has 3 atom stereocenters. The minimum Gasteiger partial charge on any atom is -0.239 e. The second kappa shape index (κ2) is 3.20. The quantitative estimate of drug-likeness (QED) is 0.395. The predicted octanol–water partition coefficient (Wildman–Crippen LogP) is 3.40. The highest BCUT2D eigenvalue weighted by Crippen LogP contribution is 2.61. The zero-order valence-corrected chi connectivity index (χ0v) is 8.73. The van der Waals surface area contributed by atoms with Crippen molar-refractivity contribution in [2.24, 2.45) is 0 Å². The molecule has 0 aromatic carbocycles. The van der Waals surface area contributed by atoms with E-state index >= 15 is 0 Å². The van der Waals surface area contributed by atoms with Gasteiger partial charge in [-0.25, -0.2) is 13.2 Å². The largest absolute Gasteiger partial charge is 0.344 e. The van der Waals surface area contributed by atoms with Crippen LogP contribution in [0.3, 0.4) is 0 Å². The van der Waals surface area contributed by atoms with E-state index in [-0.39, 0.29) is 0 Å². The molecule has 0 amide bonds. The van der Waals surface area contributed by atoms with Crippen molar-refractivity contribution in [2.75, 3.05) is 0 Å². The van der Waals surface area contributed by atoms with Crippen LogP contribution in [-0.2, 0) is 0 Å². The molecule has 2 aliphatic rings. The molecular weight excluding hydrogens is 248 g/mol. The fraction of sp³-hybridized carbons (Fsp3) is 0.600. The molecule has 0 aromatic heterocycles. The molecule has 0 bridgehead atoms. The molecule has 7 heteroatoms. The van der Waals surface area contributed by atoms with E-state index in [4.69, 9.17) is 0 Å². The first-order chi connectivity index (χ1) is 7.73. The second-order valence-electron chi connectivity index (χ2n) is 4.02. The highest BCUT2D eigenvalue weighted by Gasteiger charge is 2.82. The summed E-state index contributed by atoms with van der Waals surface area (Å²) in [6.45, 7) is 0.933. The van der Waals surface area contributed by atoms with Crippen LogP contribution in [0.2, 0.25) is 0 Å². The Morgan fingerprint density at radius 2 is 1.88 bits per heavy atom. The zero-order valence-electron chi connectivity index (χ0n) is 8.73. The van der Waals surface area contributed by atoms with Gasteiger partial charge in [-0.05, 0) is 12.2 Å². The SMILES string of the molecule is CCC1(F)N(F)C2=CC=CC(F)C2(F)C1(F)F. The third kappa shape index (κ3) is 1.07. The first-order valence-corrected chi connectivity index (χ1v) is 4.98. The number of hydrogen-bond acceptors (Lipinski definition) is 1. The van der Waals surface area contributed by atoms with E-state index in [9.17, 15) is 26.4 Å². The van der Waals surface area contributed by atoms with E-state index in [2.05, 4.69) is 0 Å². The Balaban J connectivity index is 2.66. The molecule has 3 unspecified atom stereocenters. The average molecular weight is 257 g/mol. The Hall–Kier alpha value is -1.14. The number of fused-ring (bicyclic) bond motifs is 1. The topological polar surface area (TPSA) is 3.24 Å². The lowest BCUT2D eigenvalue weighted by molar-refractivity contribution is -0.247. The summed E-state index contributed by atoms with van der Waals surface area (Å²) >= 11 is 0. The molecule has 0 N–H and O–H groups in total. The third-order valence-corrected chi connectivity index (χ3v) is 3.22. The van der Waals surface area contributed by atoms with Crippen molar-refractivity contribution in [1.82, 2.24) is 5.12 Å². The Kier molecular flexibility index (Phi) is 2.32. The predicted molar refractivity (Wildman–Crippen MR) is 48.0 cm³/mol. The highest BCUT2D eigenvalue weighted by atomic mass is 19.3. The van der Waals surface area contributed by atoms with Gasteiger partial charge in [0, 0.05) is 6.42 Å². The van der Waals surface area contributed by atoms with Gasteiger partial charge in [0.05, 0.1) is 5.70 Å². The van der Waals surface area contributed by atoms with E-state index in [1.165, 1.54) is 0 Å². The maximum Gasteiger partial charge on any atom is 0.344 e. The molecule has 1 saturated heterocycles. The fourth-order valence-electron chi connectivity index (χ4n) is 2.14. The fourth-order valence-corrected chi connectivity index (χ4v) is 2.14. The molecule has 1 fully saturated rings. The van der Waals surface area contributed by atoms with Gasteiger partial charge in [-0.1, -0.05) is 17.5 Å². The normalized spacial score (nSPS) is 43.6. The zero-order chi connectivity index (χ0) is 13.1. The summed E-state index contributed by atoms with van der Waals surface area (Å²) in [5.74, 6) is -8.68. The molecule has 1 aliphatic heterocycles. The molecule has 0 spiro atoms. The summed E-state index contributed by atoms with van der Waals surface area (Å²) in [5.41, 5.74) is -5.32. The highest BCUT2D eigenvalue weighted by molar-refractivity contribution is 5.41. The van der Waals surface area contributed by atoms with Crippen LogP contribution in [0.25, 0.3) is 0 Å². The average Bonchev–Trinajstić information content (AvgIpc) is 2.40. The summed E-state index contributed by atoms with van der Waals surface area (Å²) in [5, 5.41) is -0.997. The number of halogens is 6. The van der Waals surface area contributed by atoms with Gasteiger partial charge in [0.2, 0.25) is 0 Å². The minimum atomic E-state index is -4.81. The van der Waals surface area contributed by atoms with Crippen LogP contribution in [0.15, 0.2) is 23.9 Å². The van der Waals surface area contributed by atoms with Crippen LogP contribution in [0, 0.1) is 0 Å². The lowest BCUT2D eigenvalue weighted by Crippen LogP contribution is -2.57. The number of hydrogen-bond donors (Lipinski definition) is 0. The second-order valence-corrected chi connectivity index (χ2v) is 4.02. The standard InChI is InChI=1S/C10H9F6N/c1-2-8(12)10(14,15)9(13)6(11)4-3-5-7(9)17(8)16/h3-6H,2H2,1H3. The van der Waals surface area contributed by atoms with E-state index in [1.54, 1.807) is 0 Å². The first kappa shape index (κ1) is 12.3. The van der Waals surface area contributed by atoms with E-state index < -0.39 is 40.8 Å². The van der Waals surface area contributed by atoms with E-state index in [1.807, 2.05) is 0 Å². The molecular formula is C10H9F6N. The number of rotatable bonds is 1. The molecule has 1 aliphatic carbocycles. The molecule has 2 rings (SSSR count). The smallest absolute Gasteiger partial charge is 0.239 e. The van der Waals surface area contributed by atoms with Gasteiger partial charge in [0.25, 0.3) is 11.5 Å². The van der Waals surface area contributed by atoms with E-state index in [0.717, 1.165) is 13.0 Å². The molecule has 0 aromatic rings. The summed E-state index contributed by atoms with van der Waals surface area (Å²) in [7, 11) is 0. The van der Waals surface area contributed by atoms with Crippen molar-refractivity contribution in [3.63, 3.8) is 0 Å². The summed E-state index contributed by atoms with van der Waals surface area (Å²) < 4.78 is 82.1. The Labute approximate surface area is 93.3 Å². The summed E-state index contributed by atoms with van der Waals surface area (Å²) in [4.78, 5) is 0. The number of nitrogens with zero attached hydrogens (tertiary/aromatic N) is 1. The van der Waals surface area contributed by atoms with Crippen molar-refractivity contribution in [1.29, 1.82) is 0 Å². The Morgan fingerprint density at radius 3 is 2.35 bits per heavy atom.